The molecule has 0 N–H and O–H groups in total. The molecule has 0 saturated carbocycles. The van der Waals surface area contributed by atoms with Crippen LogP contribution in [-0.4, -0.2) is 54.6 Å². The molecule has 0 spiro atoms. The van der Waals surface area contributed by atoms with E-state index in [1.54, 1.807) is 19.0 Å². The maximum Gasteiger partial charge on any atom is 0.223 e. The first-order chi connectivity index (χ1) is 14.0. The van der Waals surface area contributed by atoms with Crippen molar-refractivity contribution in [3.05, 3.63) is 47.0 Å². The second kappa shape index (κ2) is 7.97. The van der Waals surface area contributed by atoms with Gasteiger partial charge in [0.25, 0.3) is 0 Å². The molecule has 5 nitrogen and oxygen atoms in total. The molecular formula is C24H28N2O3. The molecule has 0 radical (unpaired) electrons. The summed E-state index contributed by atoms with van der Waals surface area (Å²) in [5, 5.41) is 2.31. The van der Waals surface area contributed by atoms with Gasteiger partial charge in [-0.05, 0) is 47.6 Å². The number of hydrogen-bond acceptors (Lipinski definition) is 3. The maximum atomic E-state index is 13.4. The van der Waals surface area contributed by atoms with E-state index in [4.69, 9.17) is 0 Å². The second-order valence-corrected chi connectivity index (χ2v) is 8.44. The van der Waals surface area contributed by atoms with Crippen LogP contribution in [0.15, 0.2) is 30.3 Å². The highest BCUT2D eigenvalue weighted by atomic mass is 16.2. The Hall–Kier alpha value is -2.69. The molecule has 1 aliphatic heterocycles. The Morgan fingerprint density at radius 3 is 2.55 bits per heavy atom. The number of rotatable bonds is 5. The van der Waals surface area contributed by atoms with E-state index in [0.717, 1.165) is 36.6 Å². The van der Waals surface area contributed by atoms with Crippen molar-refractivity contribution >= 4 is 28.4 Å². The highest BCUT2D eigenvalue weighted by molar-refractivity contribution is 6.11. The first-order valence-electron chi connectivity index (χ1n) is 10.5. The van der Waals surface area contributed by atoms with Crippen molar-refractivity contribution in [1.82, 2.24) is 9.80 Å². The van der Waals surface area contributed by atoms with Gasteiger partial charge in [-0.3, -0.25) is 14.4 Å². The molecule has 4 rings (SSSR count). The van der Waals surface area contributed by atoms with Gasteiger partial charge in [0.15, 0.2) is 5.78 Å². The van der Waals surface area contributed by atoms with E-state index < -0.39 is 0 Å². The third kappa shape index (κ3) is 3.78. The Morgan fingerprint density at radius 1 is 1.03 bits per heavy atom. The molecule has 1 atom stereocenters. The summed E-state index contributed by atoms with van der Waals surface area (Å²) in [7, 11) is 3.39. The molecule has 2 aliphatic rings. The smallest absolute Gasteiger partial charge is 0.223 e. The van der Waals surface area contributed by atoms with Gasteiger partial charge < -0.3 is 9.80 Å². The predicted octanol–water partition coefficient (Wildman–Crippen LogP) is 3.23. The van der Waals surface area contributed by atoms with Gasteiger partial charge in [-0.1, -0.05) is 30.3 Å². The molecule has 152 valence electrons. The van der Waals surface area contributed by atoms with Gasteiger partial charge in [0.2, 0.25) is 11.8 Å². The summed E-state index contributed by atoms with van der Waals surface area (Å²) >= 11 is 0. The molecule has 2 aromatic carbocycles. The average molecular weight is 392 g/mol. The van der Waals surface area contributed by atoms with Crippen molar-refractivity contribution in [2.75, 3.05) is 27.2 Å². The Kier molecular flexibility index (Phi) is 5.39. The van der Waals surface area contributed by atoms with Gasteiger partial charge >= 0.3 is 0 Å². The Labute approximate surface area is 171 Å². The highest BCUT2D eigenvalue weighted by Gasteiger charge is 2.30. The van der Waals surface area contributed by atoms with Crippen LogP contribution in [0.1, 0.15) is 47.2 Å². The first-order valence-corrected chi connectivity index (χ1v) is 10.5. The minimum atomic E-state index is -0.171. The number of piperidine rings is 1. The summed E-state index contributed by atoms with van der Waals surface area (Å²) in [4.78, 5) is 41.0. The minimum Gasteiger partial charge on any atom is -0.349 e. The van der Waals surface area contributed by atoms with Crippen molar-refractivity contribution in [3.63, 3.8) is 0 Å². The summed E-state index contributed by atoms with van der Waals surface area (Å²) in [6, 6.07) is 10.3. The fourth-order valence-corrected chi connectivity index (χ4v) is 4.69. The zero-order valence-corrected chi connectivity index (χ0v) is 17.2. The number of likely N-dealkylation sites (tertiary alicyclic amines) is 1. The van der Waals surface area contributed by atoms with Crippen LogP contribution in [0.4, 0.5) is 0 Å². The van der Waals surface area contributed by atoms with Crippen LogP contribution in [0.25, 0.3) is 10.8 Å². The van der Waals surface area contributed by atoms with Crippen LogP contribution in [0.5, 0.6) is 0 Å². The summed E-state index contributed by atoms with van der Waals surface area (Å²) in [6.07, 6.45) is 4.14. The van der Waals surface area contributed by atoms with Crippen molar-refractivity contribution in [2.24, 2.45) is 5.92 Å². The van der Waals surface area contributed by atoms with Gasteiger partial charge in [-0.15, -0.1) is 0 Å². The molecule has 0 unspecified atom stereocenters. The van der Waals surface area contributed by atoms with Gasteiger partial charge in [0.1, 0.15) is 0 Å². The molecule has 5 heteroatoms. The molecule has 29 heavy (non-hydrogen) atoms. The second-order valence-electron chi connectivity index (χ2n) is 8.44. The Bertz CT molecular complexity index is 969. The minimum absolute atomic E-state index is 0.0295. The number of carbonyl (C=O) groups is 3. The van der Waals surface area contributed by atoms with E-state index in [1.807, 2.05) is 12.1 Å². The third-order valence-corrected chi connectivity index (χ3v) is 6.34. The fourth-order valence-electron chi connectivity index (χ4n) is 4.69. The first kappa shape index (κ1) is 19.6. The number of carbonyl (C=O) groups excluding carboxylic acids is 3. The van der Waals surface area contributed by atoms with Crippen molar-refractivity contribution in [2.45, 2.75) is 38.5 Å². The zero-order valence-electron chi connectivity index (χ0n) is 17.2. The van der Waals surface area contributed by atoms with Crippen molar-refractivity contribution in [3.8, 4) is 0 Å². The number of hydrogen-bond donors (Lipinski definition) is 0. The lowest BCUT2D eigenvalue weighted by atomic mass is 9.87. The van der Waals surface area contributed by atoms with E-state index in [1.165, 1.54) is 21.4 Å². The van der Waals surface area contributed by atoms with E-state index in [0.29, 0.717) is 13.1 Å². The predicted molar refractivity (Wildman–Crippen MR) is 113 cm³/mol. The lowest BCUT2D eigenvalue weighted by molar-refractivity contribution is -0.136. The van der Waals surface area contributed by atoms with E-state index >= 15 is 0 Å². The number of aryl methyl sites for hydroxylation is 2. The lowest BCUT2D eigenvalue weighted by Gasteiger charge is -2.32. The molecule has 1 fully saturated rings. The quantitative estimate of drug-likeness (QED) is 0.734. The molecule has 0 aromatic heterocycles. The van der Waals surface area contributed by atoms with Crippen LogP contribution >= 0.6 is 0 Å². The van der Waals surface area contributed by atoms with Gasteiger partial charge in [-0.25, -0.2) is 0 Å². The van der Waals surface area contributed by atoms with E-state index in [2.05, 4.69) is 18.2 Å². The zero-order chi connectivity index (χ0) is 20.5. The highest BCUT2D eigenvalue weighted by Crippen LogP contribution is 2.34. The molecule has 2 amide bonds. The molecule has 1 aliphatic carbocycles. The molecule has 1 saturated heterocycles. The Morgan fingerprint density at radius 2 is 1.79 bits per heavy atom. The number of nitrogens with zero attached hydrogens (tertiary/aromatic N) is 2. The Balaban J connectivity index is 1.49. The lowest BCUT2D eigenvalue weighted by Crippen LogP contribution is -2.42. The summed E-state index contributed by atoms with van der Waals surface area (Å²) in [6.45, 7) is 1.12. The number of Topliss-reactive ketones (excluding diaryl/α,β-unsaturated/α-hetero) is 1. The number of amides is 2. The molecular weight excluding hydrogens is 364 g/mol. The number of benzene rings is 2. The topological polar surface area (TPSA) is 57.7 Å². The van der Waals surface area contributed by atoms with Crippen LogP contribution in [0.2, 0.25) is 0 Å². The van der Waals surface area contributed by atoms with Crippen molar-refractivity contribution < 1.29 is 14.4 Å². The summed E-state index contributed by atoms with van der Waals surface area (Å²) in [5.41, 5.74) is 3.45. The van der Waals surface area contributed by atoms with Crippen LogP contribution in [0.3, 0.4) is 0 Å². The molecule has 2 aromatic rings. The largest absolute Gasteiger partial charge is 0.349 e. The normalized spacial score (nSPS) is 18.1. The molecule has 0 bridgehead atoms. The van der Waals surface area contributed by atoms with Crippen LogP contribution < -0.4 is 0 Å². The van der Waals surface area contributed by atoms with Gasteiger partial charge in [0, 0.05) is 51.5 Å². The summed E-state index contributed by atoms with van der Waals surface area (Å²) < 4.78 is 0. The third-order valence-electron chi connectivity index (χ3n) is 6.34. The summed E-state index contributed by atoms with van der Waals surface area (Å²) in [5.74, 6) is -0.104. The van der Waals surface area contributed by atoms with Gasteiger partial charge in [-0.2, -0.15) is 0 Å². The van der Waals surface area contributed by atoms with E-state index in [-0.39, 0.29) is 36.4 Å². The SMILES string of the molecule is CN(C)C(=O)CCC(=O)N1CCC[C@H](C(=O)c2ccc3c4c(cccc24)CC3)C1. The number of ketones is 1. The fraction of sp³-hybridized carbons (Fsp3) is 0.458. The van der Waals surface area contributed by atoms with Crippen LogP contribution in [0, 0.1) is 5.92 Å². The van der Waals surface area contributed by atoms with E-state index in [9.17, 15) is 14.4 Å². The standard InChI is InChI=1S/C24H28N2O3/c1-25(2)21(27)12-13-22(28)26-14-4-6-18(15-26)24(29)20-11-10-17-9-8-16-5-3-7-19(20)23(16)17/h3,5,7,10-11,18H,4,6,8-9,12-15H2,1-2H3/t18-/m0/s1. The maximum absolute atomic E-state index is 13.4. The average Bonchev–Trinajstić information content (AvgIpc) is 3.16. The monoisotopic (exact) mass is 392 g/mol. The van der Waals surface area contributed by atoms with Crippen molar-refractivity contribution in [1.29, 1.82) is 0 Å². The van der Waals surface area contributed by atoms with Gasteiger partial charge in [0.05, 0.1) is 0 Å². The van der Waals surface area contributed by atoms with Crippen LogP contribution in [-0.2, 0) is 22.4 Å². The molecule has 1 heterocycles.